The number of pyridine rings is 1. The van der Waals surface area contributed by atoms with E-state index in [9.17, 15) is 0 Å². The van der Waals surface area contributed by atoms with Gasteiger partial charge >= 0.3 is 0 Å². The molecule has 0 aliphatic carbocycles. The van der Waals surface area contributed by atoms with E-state index in [4.69, 9.17) is 0 Å². The molecule has 0 unspecified atom stereocenters. The molecule has 1 aromatic heterocycles. The Morgan fingerprint density at radius 1 is 1.33 bits per heavy atom. The fourth-order valence-corrected chi connectivity index (χ4v) is 1.69. The second kappa shape index (κ2) is 6.96. The van der Waals surface area contributed by atoms with Gasteiger partial charge in [0.15, 0.2) is 0 Å². The average Bonchev–Trinajstić information content (AvgIpc) is 2.27. The van der Waals surface area contributed by atoms with Crippen molar-refractivity contribution < 1.29 is 0 Å². The van der Waals surface area contributed by atoms with E-state index in [0.717, 1.165) is 23.3 Å². The second-order valence-electron chi connectivity index (χ2n) is 3.69. The van der Waals surface area contributed by atoms with Crippen LogP contribution in [-0.2, 0) is 6.54 Å². The molecule has 0 saturated carbocycles. The minimum absolute atomic E-state index is 0.962. The van der Waals surface area contributed by atoms with E-state index in [0.29, 0.717) is 0 Å². The molecule has 84 valence electrons. The highest BCUT2D eigenvalue weighted by Crippen LogP contribution is 2.09. The summed E-state index contributed by atoms with van der Waals surface area (Å²) in [5.41, 5.74) is 1.15. The van der Waals surface area contributed by atoms with Crippen molar-refractivity contribution in [2.24, 2.45) is 0 Å². The predicted molar refractivity (Wildman–Crippen MR) is 67.8 cm³/mol. The van der Waals surface area contributed by atoms with Crippen LogP contribution >= 0.6 is 15.9 Å². The quantitative estimate of drug-likeness (QED) is 0.787. The van der Waals surface area contributed by atoms with Gasteiger partial charge in [0.1, 0.15) is 0 Å². The Labute approximate surface area is 101 Å². The van der Waals surface area contributed by atoms with E-state index in [-0.39, 0.29) is 0 Å². The smallest absolute Gasteiger partial charge is 0.0544 e. The van der Waals surface area contributed by atoms with Gasteiger partial charge in [-0.15, -0.1) is 0 Å². The van der Waals surface area contributed by atoms with Gasteiger partial charge in [-0.05, 0) is 47.6 Å². The fraction of sp³-hybridized carbons (Fsp3) is 0.583. The van der Waals surface area contributed by atoms with Crippen LogP contribution in [0.2, 0.25) is 0 Å². The molecule has 0 aliphatic rings. The number of halogens is 1. The summed E-state index contributed by atoms with van der Waals surface area (Å²) in [7, 11) is 0. The van der Waals surface area contributed by atoms with Gasteiger partial charge in [0.2, 0.25) is 0 Å². The normalized spacial score (nSPS) is 10.9. The van der Waals surface area contributed by atoms with Crippen molar-refractivity contribution in [1.29, 1.82) is 0 Å². The summed E-state index contributed by atoms with van der Waals surface area (Å²) in [6.45, 7) is 7.66. The van der Waals surface area contributed by atoms with Gasteiger partial charge in [0.25, 0.3) is 0 Å². The summed E-state index contributed by atoms with van der Waals surface area (Å²) in [6.07, 6.45) is 4.39. The number of unbranched alkanes of at least 4 members (excludes halogenated alkanes) is 1. The molecule has 2 nitrogen and oxygen atoms in total. The molecule has 0 aliphatic heterocycles. The summed E-state index contributed by atoms with van der Waals surface area (Å²) in [6, 6.07) is 4.13. The molecule has 0 atom stereocenters. The number of hydrogen-bond acceptors (Lipinski definition) is 2. The minimum Gasteiger partial charge on any atom is -0.298 e. The lowest BCUT2D eigenvalue weighted by Gasteiger charge is -2.19. The molecule has 0 N–H and O–H groups in total. The van der Waals surface area contributed by atoms with Crippen molar-refractivity contribution in [2.75, 3.05) is 13.1 Å². The predicted octanol–water partition coefficient (Wildman–Crippen LogP) is 3.47. The van der Waals surface area contributed by atoms with Crippen molar-refractivity contribution in [3.63, 3.8) is 0 Å². The Bertz CT molecular complexity index is 271. The van der Waals surface area contributed by atoms with Gasteiger partial charge in [0, 0.05) is 17.2 Å². The number of hydrogen-bond donors (Lipinski definition) is 0. The molecular weight excluding hydrogens is 252 g/mol. The number of aromatic nitrogens is 1. The van der Waals surface area contributed by atoms with Gasteiger partial charge in [0.05, 0.1) is 5.69 Å². The molecule has 0 aromatic carbocycles. The first-order valence-electron chi connectivity index (χ1n) is 5.59. The largest absolute Gasteiger partial charge is 0.298 e. The highest BCUT2D eigenvalue weighted by molar-refractivity contribution is 9.10. The monoisotopic (exact) mass is 270 g/mol. The van der Waals surface area contributed by atoms with Crippen LogP contribution in [0.25, 0.3) is 0 Å². The van der Waals surface area contributed by atoms with Gasteiger partial charge in [-0.1, -0.05) is 20.3 Å². The van der Waals surface area contributed by atoms with Crippen LogP contribution in [0.4, 0.5) is 0 Å². The maximum absolute atomic E-state index is 4.39. The first-order chi connectivity index (χ1) is 7.26. The maximum atomic E-state index is 4.39. The van der Waals surface area contributed by atoms with Crippen molar-refractivity contribution in [1.82, 2.24) is 9.88 Å². The molecule has 1 aromatic rings. The lowest BCUT2D eigenvalue weighted by atomic mass is 10.3. The summed E-state index contributed by atoms with van der Waals surface area (Å²) < 4.78 is 1.04. The molecule has 15 heavy (non-hydrogen) atoms. The highest BCUT2D eigenvalue weighted by atomic mass is 79.9. The third kappa shape index (κ3) is 4.76. The Hall–Kier alpha value is -0.410. The van der Waals surface area contributed by atoms with E-state index in [1.807, 2.05) is 6.20 Å². The Balaban J connectivity index is 2.47. The molecule has 1 heterocycles. The average molecular weight is 271 g/mol. The van der Waals surface area contributed by atoms with Crippen LogP contribution in [-0.4, -0.2) is 23.0 Å². The lowest BCUT2D eigenvalue weighted by molar-refractivity contribution is 0.272. The summed E-state index contributed by atoms with van der Waals surface area (Å²) in [5.74, 6) is 0. The third-order valence-electron chi connectivity index (χ3n) is 2.45. The van der Waals surface area contributed by atoms with Gasteiger partial charge in [-0.25, -0.2) is 0 Å². The zero-order valence-corrected chi connectivity index (χ0v) is 11.1. The maximum Gasteiger partial charge on any atom is 0.0544 e. The topological polar surface area (TPSA) is 16.1 Å². The van der Waals surface area contributed by atoms with Crippen LogP contribution in [0.5, 0.6) is 0 Å². The van der Waals surface area contributed by atoms with Crippen LogP contribution in [0.3, 0.4) is 0 Å². The van der Waals surface area contributed by atoms with E-state index in [2.05, 4.69) is 51.8 Å². The Morgan fingerprint density at radius 3 is 2.67 bits per heavy atom. The van der Waals surface area contributed by atoms with Crippen LogP contribution in [0.15, 0.2) is 22.8 Å². The summed E-state index contributed by atoms with van der Waals surface area (Å²) in [4.78, 5) is 6.82. The van der Waals surface area contributed by atoms with Gasteiger partial charge in [-0.3, -0.25) is 9.88 Å². The zero-order chi connectivity index (χ0) is 11.1. The molecule has 1 rings (SSSR count). The Morgan fingerprint density at radius 2 is 2.13 bits per heavy atom. The van der Waals surface area contributed by atoms with Crippen molar-refractivity contribution >= 4 is 15.9 Å². The molecule has 0 radical (unpaired) electrons. The summed E-state index contributed by atoms with van der Waals surface area (Å²) >= 11 is 3.39. The minimum atomic E-state index is 0.962. The summed E-state index contributed by atoms with van der Waals surface area (Å²) in [5, 5.41) is 0. The van der Waals surface area contributed by atoms with E-state index >= 15 is 0 Å². The zero-order valence-electron chi connectivity index (χ0n) is 9.54. The SMILES string of the molecule is CCCCN(CC)Cc1ccc(Br)cn1. The molecule has 0 spiro atoms. The highest BCUT2D eigenvalue weighted by Gasteiger charge is 2.03. The van der Waals surface area contributed by atoms with Crippen molar-refractivity contribution in [2.45, 2.75) is 33.2 Å². The van der Waals surface area contributed by atoms with Crippen molar-refractivity contribution in [3.05, 3.63) is 28.5 Å². The van der Waals surface area contributed by atoms with E-state index in [1.54, 1.807) is 0 Å². The molecule has 0 amide bonds. The standard InChI is InChI=1S/C12H19BrN2/c1-3-5-8-15(4-2)10-12-7-6-11(13)9-14-12/h6-7,9H,3-5,8,10H2,1-2H3. The first-order valence-corrected chi connectivity index (χ1v) is 6.38. The van der Waals surface area contributed by atoms with Crippen molar-refractivity contribution in [3.8, 4) is 0 Å². The lowest BCUT2D eigenvalue weighted by Crippen LogP contribution is -2.24. The van der Waals surface area contributed by atoms with Crippen LogP contribution in [0.1, 0.15) is 32.4 Å². The molecule has 3 heteroatoms. The van der Waals surface area contributed by atoms with Crippen LogP contribution in [0, 0.1) is 0 Å². The Kier molecular flexibility index (Phi) is 5.88. The fourth-order valence-electron chi connectivity index (χ4n) is 1.46. The van der Waals surface area contributed by atoms with E-state index < -0.39 is 0 Å². The van der Waals surface area contributed by atoms with Gasteiger partial charge < -0.3 is 0 Å². The van der Waals surface area contributed by atoms with Gasteiger partial charge in [-0.2, -0.15) is 0 Å². The third-order valence-corrected chi connectivity index (χ3v) is 2.92. The molecule has 0 fully saturated rings. The number of rotatable bonds is 6. The first kappa shape index (κ1) is 12.7. The second-order valence-corrected chi connectivity index (χ2v) is 4.61. The molecule has 0 saturated heterocycles. The molecule has 0 bridgehead atoms. The molecular formula is C12H19BrN2. The number of nitrogens with zero attached hydrogens (tertiary/aromatic N) is 2. The van der Waals surface area contributed by atoms with Crippen LogP contribution < -0.4 is 0 Å². The van der Waals surface area contributed by atoms with E-state index in [1.165, 1.54) is 19.4 Å².